The van der Waals surface area contributed by atoms with E-state index in [1.54, 1.807) is 6.92 Å². The van der Waals surface area contributed by atoms with E-state index in [0.717, 1.165) is 17.8 Å². The second kappa shape index (κ2) is 4.01. The maximum absolute atomic E-state index is 12.2. The quantitative estimate of drug-likeness (QED) is 0.728. The van der Waals surface area contributed by atoms with Crippen LogP contribution in [0.15, 0.2) is 36.4 Å². The summed E-state index contributed by atoms with van der Waals surface area (Å²) in [5, 5.41) is 0. The molecule has 0 saturated carbocycles. The molecular formula is C17H17N3O. The van der Waals surface area contributed by atoms with Crippen molar-refractivity contribution in [2.75, 3.05) is 16.4 Å². The van der Waals surface area contributed by atoms with Gasteiger partial charge in [0.2, 0.25) is 5.91 Å². The van der Waals surface area contributed by atoms with E-state index in [9.17, 15) is 4.79 Å². The minimum Gasteiger partial charge on any atom is -0.399 e. The molecule has 1 heterocycles. The van der Waals surface area contributed by atoms with Crippen LogP contribution in [0.25, 0.3) is 0 Å². The number of anilines is 3. The summed E-state index contributed by atoms with van der Waals surface area (Å²) in [5.41, 5.74) is 17.9. The van der Waals surface area contributed by atoms with E-state index in [0.29, 0.717) is 11.6 Å². The highest BCUT2D eigenvalue weighted by atomic mass is 16.2. The van der Waals surface area contributed by atoms with Gasteiger partial charge in [-0.05, 0) is 47.4 Å². The Bertz CT molecular complexity index is 769. The molecule has 1 aliphatic heterocycles. The molecule has 4 rings (SSSR count). The lowest BCUT2D eigenvalue weighted by molar-refractivity contribution is -0.117. The Balaban J connectivity index is 1.93. The van der Waals surface area contributed by atoms with Gasteiger partial charge in [0.1, 0.15) is 0 Å². The number of carbonyl (C=O) groups is 1. The van der Waals surface area contributed by atoms with Crippen molar-refractivity contribution in [2.45, 2.75) is 25.3 Å². The van der Waals surface area contributed by atoms with Crippen LogP contribution in [-0.2, 0) is 11.2 Å². The highest BCUT2D eigenvalue weighted by Crippen LogP contribution is 2.55. The molecule has 2 aromatic rings. The first kappa shape index (κ1) is 12.3. The van der Waals surface area contributed by atoms with Gasteiger partial charge in [-0.1, -0.05) is 12.1 Å². The van der Waals surface area contributed by atoms with E-state index < -0.39 is 0 Å². The van der Waals surface area contributed by atoms with Crippen LogP contribution < -0.4 is 16.4 Å². The van der Waals surface area contributed by atoms with Crippen LogP contribution in [0.2, 0.25) is 0 Å². The Kier molecular flexibility index (Phi) is 2.34. The molecule has 0 unspecified atom stereocenters. The molecule has 1 aliphatic carbocycles. The van der Waals surface area contributed by atoms with E-state index in [4.69, 9.17) is 11.5 Å². The van der Waals surface area contributed by atoms with E-state index in [2.05, 4.69) is 12.1 Å². The molecule has 4 nitrogen and oxygen atoms in total. The predicted octanol–water partition coefficient (Wildman–Crippen LogP) is 2.60. The molecule has 0 radical (unpaired) electrons. The van der Waals surface area contributed by atoms with Crippen molar-refractivity contribution in [3.8, 4) is 0 Å². The summed E-state index contributed by atoms with van der Waals surface area (Å²) in [6.07, 6.45) is 0.945. The first-order valence-corrected chi connectivity index (χ1v) is 7.14. The molecule has 2 atom stereocenters. The van der Waals surface area contributed by atoms with Crippen molar-refractivity contribution in [1.29, 1.82) is 0 Å². The normalized spacial score (nSPS) is 21.9. The van der Waals surface area contributed by atoms with Crippen LogP contribution in [0.3, 0.4) is 0 Å². The van der Waals surface area contributed by atoms with Crippen LogP contribution in [0.1, 0.15) is 35.6 Å². The summed E-state index contributed by atoms with van der Waals surface area (Å²) >= 11 is 0. The number of hydrogen-bond acceptors (Lipinski definition) is 3. The Morgan fingerprint density at radius 3 is 2.57 bits per heavy atom. The number of nitrogens with zero attached hydrogens (tertiary/aromatic N) is 1. The summed E-state index contributed by atoms with van der Waals surface area (Å²) in [6.45, 7) is 1.61. The SMILES string of the molecule is CC(=O)N1c2cc(N)ccc2[C@H]2Cc3ccc(N)cc3[C@H]21. The first-order chi connectivity index (χ1) is 10.1. The molecule has 0 spiro atoms. The van der Waals surface area contributed by atoms with Crippen molar-refractivity contribution >= 4 is 23.0 Å². The fourth-order valence-corrected chi connectivity index (χ4v) is 3.84. The fraction of sp³-hybridized carbons (Fsp3) is 0.235. The van der Waals surface area contributed by atoms with Crippen LogP contribution in [0, 0.1) is 0 Å². The molecule has 0 fully saturated rings. The maximum Gasteiger partial charge on any atom is 0.224 e. The predicted molar refractivity (Wildman–Crippen MR) is 84.1 cm³/mol. The van der Waals surface area contributed by atoms with Gasteiger partial charge in [0.05, 0.1) is 6.04 Å². The summed E-state index contributed by atoms with van der Waals surface area (Å²) in [5.74, 6) is 0.353. The number of nitrogen functional groups attached to an aromatic ring is 2. The number of amides is 1. The number of carbonyl (C=O) groups excluding carboxylic acids is 1. The number of benzene rings is 2. The van der Waals surface area contributed by atoms with Gasteiger partial charge in [0.25, 0.3) is 0 Å². The van der Waals surface area contributed by atoms with Gasteiger partial charge in [0.15, 0.2) is 0 Å². The van der Waals surface area contributed by atoms with E-state index in [1.807, 2.05) is 29.2 Å². The third-order valence-corrected chi connectivity index (χ3v) is 4.64. The van der Waals surface area contributed by atoms with Gasteiger partial charge in [-0.2, -0.15) is 0 Å². The Hall–Kier alpha value is -2.49. The Labute approximate surface area is 123 Å². The van der Waals surface area contributed by atoms with Gasteiger partial charge < -0.3 is 16.4 Å². The molecule has 0 saturated heterocycles. The zero-order valence-corrected chi connectivity index (χ0v) is 11.8. The third kappa shape index (κ3) is 1.59. The number of nitrogens with two attached hydrogens (primary N) is 2. The molecule has 21 heavy (non-hydrogen) atoms. The largest absolute Gasteiger partial charge is 0.399 e. The summed E-state index contributed by atoms with van der Waals surface area (Å²) in [6, 6.07) is 11.9. The maximum atomic E-state index is 12.2. The lowest BCUT2D eigenvalue weighted by Gasteiger charge is -2.25. The summed E-state index contributed by atoms with van der Waals surface area (Å²) in [7, 11) is 0. The van der Waals surface area contributed by atoms with Crippen LogP contribution >= 0.6 is 0 Å². The van der Waals surface area contributed by atoms with E-state index in [-0.39, 0.29) is 11.9 Å². The topological polar surface area (TPSA) is 72.3 Å². The van der Waals surface area contributed by atoms with Gasteiger partial charge in [-0.15, -0.1) is 0 Å². The van der Waals surface area contributed by atoms with Gasteiger partial charge in [0, 0.05) is 29.9 Å². The van der Waals surface area contributed by atoms with E-state index >= 15 is 0 Å². The zero-order valence-electron chi connectivity index (χ0n) is 11.8. The third-order valence-electron chi connectivity index (χ3n) is 4.64. The molecule has 0 bridgehead atoms. The average Bonchev–Trinajstić information content (AvgIpc) is 2.92. The summed E-state index contributed by atoms with van der Waals surface area (Å²) in [4.78, 5) is 14.1. The molecule has 4 heteroatoms. The minimum absolute atomic E-state index is 0.0459. The second-order valence-electron chi connectivity index (χ2n) is 5.92. The average molecular weight is 279 g/mol. The molecule has 1 amide bonds. The standard InChI is InChI=1S/C17H17N3O/c1-9(21)20-16-8-12(19)4-5-13(16)15-6-10-2-3-11(18)7-14(10)17(15)20/h2-5,7-8,15,17H,6,18-19H2,1H3/t15-,17-/m1/s1. The van der Waals surface area contributed by atoms with Crippen molar-refractivity contribution in [3.63, 3.8) is 0 Å². The smallest absolute Gasteiger partial charge is 0.224 e. The molecule has 2 aromatic carbocycles. The van der Waals surface area contributed by atoms with Crippen molar-refractivity contribution < 1.29 is 4.79 Å². The van der Waals surface area contributed by atoms with Crippen LogP contribution in [0.5, 0.6) is 0 Å². The molecular weight excluding hydrogens is 262 g/mol. The highest BCUT2D eigenvalue weighted by Gasteiger charge is 2.46. The molecule has 106 valence electrons. The monoisotopic (exact) mass is 279 g/mol. The molecule has 0 aromatic heterocycles. The lowest BCUT2D eigenvalue weighted by atomic mass is 9.95. The van der Waals surface area contributed by atoms with Crippen molar-refractivity contribution in [3.05, 3.63) is 53.1 Å². The Morgan fingerprint density at radius 2 is 1.81 bits per heavy atom. The van der Waals surface area contributed by atoms with E-state index in [1.165, 1.54) is 16.7 Å². The van der Waals surface area contributed by atoms with Crippen molar-refractivity contribution in [2.24, 2.45) is 0 Å². The van der Waals surface area contributed by atoms with Crippen molar-refractivity contribution in [1.82, 2.24) is 0 Å². The highest BCUT2D eigenvalue weighted by molar-refractivity contribution is 5.96. The second-order valence-corrected chi connectivity index (χ2v) is 5.92. The number of fused-ring (bicyclic) bond motifs is 5. The first-order valence-electron chi connectivity index (χ1n) is 7.14. The van der Waals surface area contributed by atoms with Crippen LogP contribution in [0.4, 0.5) is 17.1 Å². The zero-order chi connectivity index (χ0) is 14.7. The number of hydrogen-bond donors (Lipinski definition) is 2. The van der Waals surface area contributed by atoms with Crippen LogP contribution in [-0.4, -0.2) is 5.91 Å². The Morgan fingerprint density at radius 1 is 1.10 bits per heavy atom. The summed E-state index contributed by atoms with van der Waals surface area (Å²) < 4.78 is 0. The molecule has 2 aliphatic rings. The minimum atomic E-state index is 0.0459. The molecule has 4 N–H and O–H groups in total. The fourth-order valence-electron chi connectivity index (χ4n) is 3.84. The van der Waals surface area contributed by atoms with Gasteiger partial charge in [-0.3, -0.25) is 4.79 Å². The van der Waals surface area contributed by atoms with Gasteiger partial charge in [-0.25, -0.2) is 0 Å². The lowest BCUT2D eigenvalue weighted by Crippen LogP contribution is -2.29. The van der Waals surface area contributed by atoms with Gasteiger partial charge >= 0.3 is 0 Å². The number of rotatable bonds is 0.